The standard InChI is InChI=1S/C22H33I2NO4/c1-3-4-5-6-7-8-9-10-11-12-13-29-22(28)16(2)25-21(27)17-14-18(23)20(26)19(24)15-17/h14-16,26H,3-13H2,1-2H3,(H,25,27)/t16-/m0/s1. The van der Waals surface area contributed by atoms with Crippen LogP contribution in [0.2, 0.25) is 0 Å². The van der Waals surface area contributed by atoms with E-state index in [0.717, 1.165) is 12.8 Å². The topological polar surface area (TPSA) is 75.6 Å². The van der Waals surface area contributed by atoms with Gasteiger partial charge in [-0.25, -0.2) is 4.79 Å². The quantitative estimate of drug-likeness (QED) is 0.147. The van der Waals surface area contributed by atoms with E-state index in [1.807, 2.05) is 45.2 Å². The van der Waals surface area contributed by atoms with Crippen LogP contribution in [0.4, 0.5) is 0 Å². The molecular formula is C22H33I2NO4. The summed E-state index contributed by atoms with van der Waals surface area (Å²) in [7, 11) is 0. The van der Waals surface area contributed by atoms with Gasteiger partial charge in [-0.2, -0.15) is 0 Å². The predicted octanol–water partition coefficient (Wildman–Crippen LogP) is 6.18. The number of aromatic hydroxyl groups is 1. The van der Waals surface area contributed by atoms with Gasteiger partial charge in [0, 0.05) is 5.56 Å². The van der Waals surface area contributed by atoms with Gasteiger partial charge in [0.05, 0.1) is 13.7 Å². The van der Waals surface area contributed by atoms with E-state index in [4.69, 9.17) is 4.74 Å². The van der Waals surface area contributed by atoms with E-state index >= 15 is 0 Å². The molecule has 0 saturated carbocycles. The lowest BCUT2D eigenvalue weighted by molar-refractivity contribution is -0.145. The van der Waals surface area contributed by atoms with Crippen LogP contribution in [0.1, 0.15) is 88.4 Å². The molecule has 0 aliphatic rings. The van der Waals surface area contributed by atoms with Gasteiger partial charge in [-0.05, 0) is 70.7 Å². The molecular weight excluding hydrogens is 596 g/mol. The molecule has 0 aliphatic heterocycles. The lowest BCUT2D eigenvalue weighted by Crippen LogP contribution is -2.39. The highest BCUT2D eigenvalue weighted by atomic mass is 127. The van der Waals surface area contributed by atoms with Crippen LogP contribution in [0.25, 0.3) is 0 Å². The molecule has 1 atom stereocenters. The maximum absolute atomic E-state index is 12.3. The largest absolute Gasteiger partial charge is 0.506 e. The number of phenolic OH excluding ortho intramolecular Hbond substituents is 1. The average Bonchev–Trinajstić information content (AvgIpc) is 2.69. The third-order valence-corrected chi connectivity index (χ3v) is 6.37. The molecule has 0 aliphatic carbocycles. The van der Waals surface area contributed by atoms with Crippen molar-refractivity contribution in [3.8, 4) is 5.75 Å². The summed E-state index contributed by atoms with van der Waals surface area (Å²) < 4.78 is 6.47. The zero-order valence-electron chi connectivity index (χ0n) is 17.4. The van der Waals surface area contributed by atoms with E-state index in [2.05, 4.69) is 12.2 Å². The van der Waals surface area contributed by atoms with Gasteiger partial charge >= 0.3 is 5.97 Å². The van der Waals surface area contributed by atoms with Crippen molar-refractivity contribution >= 4 is 57.1 Å². The Bertz CT molecular complexity index is 629. The Kier molecular flexibility index (Phi) is 13.9. The number of esters is 1. The monoisotopic (exact) mass is 629 g/mol. The van der Waals surface area contributed by atoms with Crippen molar-refractivity contribution in [1.82, 2.24) is 5.32 Å². The number of ether oxygens (including phenoxy) is 1. The molecule has 1 amide bonds. The highest BCUT2D eigenvalue weighted by Gasteiger charge is 2.19. The highest BCUT2D eigenvalue weighted by molar-refractivity contribution is 14.1. The van der Waals surface area contributed by atoms with Gasteiger partial charge in [0.1, 0.15) is 11.8 Å². The van der Waals surface area contributed by atoms with E-state index in [1.165, 1.54) is 51.4 Å². The van der Waals surface area contributed by atoms with Crippen molar-refractivity contribution in [2.45, 2.75) is 84.1 Å². The van der Waals surface area contributed by atoms with Crippen molar-refractivity contribution in [2.24, 2.45) is 0 Å². The summed E-state index contributed by atoms with van der Waals surface area (Å²) in [4.78, 5) is 24.4. The smallest absolute Gasteiger partial charge is 0.328 e. The number of benzene rings is 1. The van der Waals surface area contributed by atoms with Crippen molar-refractivity contribution in [2.75, 3.05) is 6.61 Å². The molecule has 0 aromatic heterocycles. The summed E-state index contributed by atoms with van der Waals surface area (Å²) in [5, 5.41) is 12.5. The third kappa shape index (κ3) is 10.8. The second kappa shape index (κ2) is 15.3. The Morgan fingerprint density at radius 1 is 0.966 bits per heavy atom. The minimum Gasteiger partial charge on any atom is -0.506 e. The summed E-state index contributed by atoms with van der Waals surface area (Å²) in [6, 6.07) is 2.47. The summed E-state index contributed by atoms with van der Waals surface area (Å²) in [5.41, 5.74) is 0.408. The first kappa shape index (κ1) is 26.5. The molecule has 0 bridgehead atoms. The molecule has 29 heavy (non-hydrogen) atoms. The second-order valence-corrected chi connectivity index (χ2v) is 9.66. The van der Waals surface area contributed by atoms with E-state index in [9.17, 15) is 14.7 Å². The lowest BCUT2D eigenvalue weighted by atomic mass is 10.1. The van der Waals surface area contributed by atoms with E-state index < -0.39 is 12.0 Å². The maximum atomic E-state index is 12.3. The number of hydrogen-bond acceptors (Lipinski definition) is 4. The Labute approximate surface area is 202 Å². The van der Waals surface area contributed by atoms with Gasteiger partial charge in [0.2, 0.25) is 0 Å². The molecule has 5 nitrogen and oxygen atoms in total. The first-order valence-corrected chi connectivity index (χ1v) is 12.7. The summed E-state index contributed by atoms with van der Waals surface area (Å²) >= 11 is 3.94. The van der Waals surface area contributed by atoms with Crippen LogP contribution in [0.15, 0.2) is 12.1 Å². The molecule has 0 fully saturated rings. The van der Waals surface area contributed by atoms with Gasteiger partial charge in [-0.1, -0.05) is 64.7 Å². The van der Waals surface area contributed by atoms with Crippen LogP contribution in [0.3, 0.4) is 0 Å². The normalized spacial score (nSPS) is 11.9. The van der Waals surface area contributed by atoms with E-state index in [-0.39, 0.29) is 11.7 Å². The van der Waals surface area contributed by atoms with Crippen LogP contribution < -0.4 is 5.32 Å². The number of hydrogen-bond donors (Lipinski definition) is 2. The minimum atomic E-state index is -0.713. The van der Waals surface area contributed by atoms with Crippen molar-refractivity contribution in [3.05, 3.63) is 24.8 Å². The fraction of sp³-hybridized carbons (Fsp3) is 0.636. The first-order chi connectivity index (χ1) is 13.9. The van der Waals surface area contributed by atoms with Crippen LogP contribution in [-0.4, -0.2) is 29.6 Å². The fourth-order valence-corrected chi connectivity index (χ4v) is 4.69. The van der Waals surface area contributed by atoms with Crippen LogP contribution in [0.5, 0.6) is 5.75 Å². The minimum absolute atomic E-state index is 0.159. The second-order valence-electron chi connectivity index (χ2n) is 7.33. The number of halogens is 2. The van der Waals surface area contributed by atoms with Gasteiger partial charge < -0.3 is 15.2 Å². The molecule has 164 valence electrons. The Balaban J connectivity index is 2.18. The van der Waals surface area contributed by atoms with Crippen molar-refractivity contribution < 1.29 is 19.4 Å². The van der Waals surface area contributed by atoms with Gasteiger partial charge in [-0.3, -0.25) is 4.79 Å². The number of carbonyl (C=O) groups is 2. The number of carbonyl (C=O) groups excluding carboxylic acids is 2. The average molecular weight is 629 g/mol. The summed E-state index contributed by atoms with van der Waals surface area (Å²) in [6.45, 7) is 4.25. The molecule has 0 saturated heterocycles. The molecule has 1 rings (SSSR count). The fourth-order valence-electron chi connectivity index (χ4n) is 2.92. The van der Waals surface area contributed by atoms with Crippen LogP contribution in [-0.2, 0) is 9.53 Å². The Morgan fingerprint density at radius 2 is 1.45 bits per heavy atom. The molecule has 0 radical (unpaired) electrons. The van der Waals surface area contributed by atoms with Gasteiger partial charge in [0.15, 0.2) is 0 Å². The van der Waals surface area contributed by atoms with E-state index in [1.54, 1.807) is 19.1 Å². The number of phenols is 1. The van der Waals surface area contributed by atoms with Crippen molar-refractivity contribution in [1.29, 1.82) is 0 Å². The van der Waals surface area contributed by atoms with Crippen LogP contribution in [0, 0.1) is 7.14 Å². The van der Waals surface area contributed by atoms with E-state index in [0.29, 0.717) is 19.3 Å². The molecule has 0 spiro atoms. The molecule has 0 heterocycles. The Hall–Kier alpha value is -0.580. The highest BCUT2D eigenvalue weighted by Crippen LogP contribution is 2.27. The predicted molar refractivity (Wildman–Crippen MR) is 133 cm³/mol. The number of unbranched alkanes of at least 4 members (excludes halogenated alkanes) is 9. The maximum Gasteiger partial charge on any atom is 0.328 e. The SMILES string of the molecule is CCCCCCCCCCCCOC(=O)[C@H](C)NC(=O)c1cc(I)c(O)c(I)c1. The first-order valence-electron chi connectivity index (χ1n) is 10.5. The molecule has 7 heteroatoms. The zero-order valence-corrected chi connectivity index (χ0v) is 21.8. The Morgan fingerprint density at radius 3 is 1.97 bits per heavy atom. The molecule has 2 N–H and O–H groups in total. The lowest BCUT2D eigenvalue weighted by Gasteiger charge is -2.14. The molecule has 1 aromatic rings. The van der Waals surface area contributed by atoms with Gasteiger partial charge in [-0.15, -0.1) is 0 Å². The molecule has 1 aromatic carbocycles. The number of amides is 1. The molecule has 0 unspecified atom stereocenters. The summed E-state index contributed by atoms with van der Waals surface area (Å²) in [6.07, 6.45) is 12.3. The van der Waals surface area contributed by atoms with Crippen LogP contribution >= 0.6 is 45.2 Å². The van der Waals surface area contributed by atoms with Crippen molar-refractivity contribution in [3.63, 3.8) is 0 Å². The zero-order chi connectivity index (χ0) is 21.6. The number of nitrogens with one attached hydrogen (secondary N) is 1. The summed E-state index contributed by atoms with van der Waals surface area (Å²) in [5.74, 6) is -0.617. The van der Waals surface area contributed by atoms with Gasteiger partial charge in [0.25, 0.3) is 5.91 Å². The number of rotatable bonds is 14. The third-order valence-electron chi connectivity index (χ3n) is 4.72.